The molecule has 0 aromatic heterocycles. The third-order valence-corrected chi connectivity index (χ3v) is 3.53. The van der Waals surface area contributed by atoms with Crippen molar-refractivity contribution < 1.29 is 9.59 Å². The van der Waals surface area contributed by atoms with Crippen molar-refractivity contribution in [3.63, 3.8) is 0 Å². The molecule has 1 aliphatic heterocycles. The average molecular weight is 270 g/mol. The Kier molecular flexibility index (Phi) is 5.31. The summed E-state index contributed by atoms with van der Waals surface area (Å²) in [4.78, 5) is 24.8. The van der Waals surface area contributed by atoms with Gasteiger partial charge >= 0.3 is 0 Å². The van der Waals surface area contributed by atoms with E-state index in [-0.39, 0.29) is 23.3 Å². The number of rotatable bonds is 4. The van der Waals surface area contributed by atoms with E-state index in [1.54, 1.807) is 0 Å². The van der Waals surface area contributed by atoms with E-state index in [0.29, 0.717) is 6.54 Å². The van der Waals surface area contributed by atoms with Gasteiger partial charge in [-0.3, -0.25) is 14.5 Å². The van der Waals surface area contributed by atoms with Gasteiger partial charge in [0.15, 0.2) is 0 Å². The number of nitrogens with one attached hydrogen (secondary N) is 1. The van der Waals surface area contributed by atoms with Gasteiger partial charge in [0.1, 0.15) is 0 Å². The first-order chi connectivity index (χ1) is 8.70. The topological polar surface area (TPSA) is 101 Å². The monoisotopic (exact) mass is 270 g/mol. The summed E-state index contributed by atoms with van der Waals surface area (Å²) in [6.07, 6.45) is 1.66. The van der Waals surface area contributed by atoms with Gasteiger partial charge in [0, 0.05) is 19.1 Å². The largest absolute Gasteiger partial charge is 0.369 e. The average Bonchev–Trinajstić information content (AvgIpc) is 2.28. The predicted molar refractivity (Wildman–Crippen MR) is 74.2 cm³/mol. The summed E-state index contributed by atoms with van der Waals surface area (Å²) in [7, 11) is 0. The van der Waals surface area contributed by atoms with Gasteiger partial charge in [-0.2, -0.15) is 0 Å². The van der Waals surface area contributed by atoms with Crippen LogP contribution in [0.5, 0.6) is 0 Å². The maximum atomic E-state index is 12.0. The number of nitrogens with two attached hydrogens (primary N) is 2. The minimum Gasteiger partial charge on any atom is -0.369 e. The Labute approximate surface area is 114 Å². The Morgan fingerprint density at radius 2 is 1.84 bits per heavy atom. The van der Waals surface area contributed by atoms with Crippen LogP contribution in [0, 0.1) is 5.41 Å². The first-order valence-electron chi connectivity index (χ1n) is 6.77. The molecule has 1 saturated heterocycles. The molecule has 1 aliphatic rings. The van der Waals surface area contributed by atoms with E-state index in [0.717, 1.165) is 25.9 Å². The fourth-order valence-corrected chi connectivity index (χ4v) is 2.14. The van der Waals surface area contributed by atoms with Gasteiger partial charge < -0.3 is 16.8 Å². The molecular formula is C13H26N4O2. The molecule has 0 aromatic carbocycles. The van der Waals surface area contributed by atoms with Crippen molar-refractivity contribution in [2.45, 2.75) is 45.7 Å². The quantitative estimate of drug-likeness (QED) is 0.636. The number of hydrogen-bond acceptors (Lipinski definition) is 4. The third kappa shape index (κ3) is 5.16. The summed E-state index contributed by atoms with van der Waals surface area (Å²) in [6, 6.07) is -0.360. The molecular weight excluding hydrogens is 244 g/mol. The molecule has 110 valence electrons. The van der Waals surface area contributed by atoms with E-state index in [4.69, 9.17) is 11.5 Å². The Bertz CT molecular complexity index is 330. The van der Waals surface area contributed by atoms with Crippen LogP contribution in [0.25, 0.3) is 0 Å². The Balaban J connectivity index is 2.37. The van der Waals surface area contributed by atoms with Gasteiger partial charge in [-0.15, -0.1) is 0 Å². The molecule has 19 heavy (non-hydrogen) atoms. The van der Waals surface area contributed by atoms with Gasteiger partial charge in [0.2, 0.25) is 11.8 Å². The lowest BCUT2D eigenvalue weighted by atomic mass is 9.86. The second-order valence-electron chi connectivity index (χ2n) is 6.37. The lowest BCUT2D eigenvalue weighted by Gasteiger charge is -2.33. The van der Waals surface area contributed by atoms with Gasteiger partial charge in [0.25, 0.3) is 0 Å². The summed E-state index contributed by atoms with van der Waals surface area (Å²) in [5.41, 5.74) is 10.8. The summed E-state index contributed by atoms with van der Waals surface area (Å²) in [6.45, 7) is 7.70. The zero-order chi connectivity index (χ0) is 14.6. The molecule has 0 aliphatic carbocycles. The molecule has 0 bridgehead atoms. The predicted octanol–water partition coefficient (Wildman–Crippen LogP) is -0.574. The van der Waals surface area contributed by atoms with E-state index in [2.05, 4.69) is 5.32 Å². The number of carbonyl (C=O) groups excluding carboxylic acids is 2. The second-order valence-corrected chi connectivity index (χ2v) is 6.37. The minimum absolute atomic E-state index is 0.0964. The molecule has 1 rings (SSSR count). The molecule has 0 saturated carbocycles. The van der Waals surface area contributed by atoms with Gasteiger partial charge in [-0.05, 0) is 18.3 Å². The molecule has 0 aromatic rings. The molecule has 1 atom stereocenters. The minimum atomic E-state index is -0.504. The second kappa shape index (κ2) is 6.34. The van der Waals surface area contributed by atoms with Crippen molar-refractivity contribution in [2.24, 2.45) is 16.9 Å². The normalized spacial score (nSPS) is 20.0. The molecule has 1 heterocycles. The zero-order valence-corrected chi connectivity index (χ0v) is 12.1. The highest BCUT2D eigenvalue weighted by atomic mass is 16.2. The molecule has 1 fully saturated rings. The first-order valence-corrected chi connectivity index (χ1v) is 6.77. The SMILES string of the molecule is CC(C)(C)[C@@H](N)C(=O)NC1CCN(CC(N)=O)CC1. The smallest absolute Gasteiger partial charge is 0.237 e. The first kappa shape index (κ1) is 15.9. The van der Waals surface area contributed by atoms with E-state index in [9.17, 15) is 9.59 Å². The van der Waals surface area contributed by atoms with E-state index < -0.39 is 6.04 Å². The molecule has 6 nitrogen and oxygen atoms in total. The van der Waals surface area contributed by atoms with Crippen molar-refractivity contribution in [3.05, 3.63) is 0 Å². The lowest BCUT2D eigenvalue weighted by Crippen LogP contribution is -2.53. The van der Waals surface area contributed by atoms with Crippen LogP contribution >= 0.6 is 0 Å². The fraction of sp³-hybridized carbons (Fsp3) is 0.846. The maximum Gasteiger partial charge on any atom is 0.237 e. The van der Waals surface area contributed by atoms with E-state index in [1.807, 2.05) is 25.7 Å². The Hall–Kier alpha value is -1.14. The third-order valence-electron chi connectivity index (χ3n) is 3.53. The van der Waals surface area contributed by atoms with Gasteiger partial charge in [-0.25, -0.2) is 0 Å². The highest BCUT2D eigenvalue weighted by molar-refractivity contribution is 5.82. The summed E-state index contributed by atoms with van der Waals surface area (Å²) < 4.78 is 0. The molecule has 0 unspecified atom stereocenters. The van der Waals surface area contributed by atoms with Gasteiger partial charge in [-0.1, -0.05) is 20.8 Å². The van der Waals surface area contributed by atoms with Crippen LogP contribution in [-0.2, 0) is 9.59 Å². The Morgan fingerprint density at radius 1 is 1.32 bits per heavy atom. The van der Waals surface area contributed by atoms with Crippen LogP contribution in [0.3, 0.4) is 0 Å². The van der Waals surface area contributed by atoms with Crippen molar-refractivity contribution in [2.75, 3.05) is 19.6 Å². The standard InChI is InChI=1S/C13H26N4O2/c1-13(2,3)11(15)12(19)16-9-4-6-17(7-5-9)8-10(14)18/h9,11H,4-8,15H2,1-3H3,(H2,14,18)(H,16,19)/t11-/m0/s1. The van der Waals surface area contributed by atoms with Crippen molar-refractivity contribution >= 4 is 11.8 Å². The summed E-state index contributed by atoms with van der Waals surface area (Å²) in [5.74, 6) is -0.405. The van der Waals surface area contributed by atoms with Crippen LogP contribution in [0.1, 0.15) is 33.6 Å². The molecule has 0 spiro atoms. The summed E-state index contributed by atoms with van der Waals surface area (Å²) in [5, 5.41) is 2.99. The van der Waals surface area contributed by atoms with Crippen LogP contribution in [0.15, 0.2) is 0 Å². The highest BCUT2D eigenvalue weighted by Crippen LogP contribution is 2.18. The number of hydrogen-bond donors (Lipinski definition) is 3. The molecule has 6 heteroatoms. The number of amides is 2. The van der Waals surface area contributed by atoms with Crippen molar-refractivity contribution in [1.29, 1.82) is 0 Å². The maximum absolute atomic E-state index is 12.0. The zero-order valence-electron chi connectivity index (χ0n) is 12.1. The molecule has 0 radical (unpaired) electrons. The number of piperidine rings is 1. The molecule has 5 N–H and O–H groups in total. The van der Waals surface area contributed by atoms with Crippen LogP contribution < -0.4 is 16.8 Å². The lowest BCUT2D eigenvalue weighted by molar-refractivity contribution is -0.126. The van der Waals surface area contributed by atoms with Crippen molar-refractivity contribution in [3.8, 4) is 0 Å². The number of carbonyl (C=O) groups is 2. The molecule has 2 amide bonds. The van der Waals surface area contributed by atoms with Gasteiger partial charge in [0.05, 0.1) is 12.6 Å². The van der Waals surface area contributed by atoms with E-state index in [1.165, 1.54) is 0 Å². The number of likely N-dealkylation sites (tertiary alicyclic amines) is 1. The van der Waals surface area contributed by atoms with Crippen LogP contribution in [-0.4, -0.2) is 48.4 Å². The number of nitrogens with zero attached hydrogens (tertiary/aromatic N) is 1. The Morgan fingerprint density at radius 3 is 2.26 bits per heavy atom. The van der Waals surface area contributed by atoms with Crippen molar-refractivity contribution in [1.82, 2.24) is 10.2 Å². The fourth-order valence-electron chi connectivity index (χ4n) is 2.14. The van der Waals surface area contributed by atoms with Crippen LogP contribution in [0.4, 0.5) is 0 Å². The summed E-state index contributed by atoms with van der Waals surface area (Å²) >= 11 is 0. The van der Waals surface area contributed by atoms with Crippen LogP contribution in [0.2, 0.25) is 0 Å². The van der Waals surface area contributed by atoms with E-state index >= 15 is 0 Å². The highest BCUT2D eigenvalue weighted by Gasteiger charge is 2.29. The number of primary amides is 1.